The molecule has 2 aliphatic rings. The minimum Gasteiger partial charge on any atom is -0.300 e. The standard InChI is InChI=1S/C24H17Cl2N2S2/c25-17-12-14-22-23(15-17)27(29-19-7-3-1-4-8-19)21-13-11-18(26)16-24(21)28(22)30-20-9-5-2-6-10-20/h1-16,23H. The van der Waals surface area contributed by atoms with Gasteiger partial charge in [0.25, 0.3) is 0 Å². The fraction of sp³-hybridized carbons (Fsp3) is 0.0417. The van der Waals surface area contributed by atoms with Crippen molar-refractivity contribution in [1.82, 2.24) is 0 Å². The third kappa shape index (κ3) is 3.97. The van der Waals surface area contributed by atoms with Crippen LogP contribution in [0.2, 0.25) is 5.02 Å². The van der Waals surface area contributed by atoms with Crippen LogP contribution in [-0.4, -0.2) is 6.04 Å². The van der Waals surface area contributed by atoms with Crippen molar-refractivity contribution in [2.24, 2.45) is 0 Å². The molecule has 149 valence electrons. The van der Waals surface area contributed by atoms with Crippen molar-refractivity contribution in [3.05, 3.63) is 113 Å². The quantitative estimate of drug-likeness (QED) is 0.358. The SMILES string of the molecule is ClC1=CC2[C](C=C1)N(Sc1ccccc1)c1cc(Cl)ccc1N2Sc1ccccc1. The highest BCUT2D eigenvalue weighted by Gasteiger charge is 2.40. The van der Waals surface area contributed by atoms with Crippen LogP contribution in [0, 0.1) is 6.04 Å². The smallest absolute Gasteiger partial charge is 0.125 e. The third-order valence-corrected chi connectivity index (χ3v) is 7.46. The first-order valence-corrected chi connectivity index (χ1v) is 11.8. The lowest BCUT2D eigenvalue weighted by atomic mass is 9.98. The fourth-order valence-corrected chi connectivity index (χ4v) is 5.85. The zero-order chi connectivity index (χ0) is 20.5. The van der Waals surface area contributed by atoms with E-state index < -0.39 is 0 Å². The molecule has 30 heavy (non-hydrogen) atoms. The number of rotatable bonds is 4. The molecule has 3 aromatic rings. The van der Waals surface area contributed by atoms with E-state index in [1.807, 2.05) is 30.3 Å². The second kappa shape index (κ2) is 8.64. The van der Waals surface area contributed by atoms with E-state index in [-0.39, 0.29) is 6.04 Å². The predicted octanol–water partition coefficient (Wildman–Crippen LogP) is 7.97. The molecule has 0 bridgehead atoms. The van der Waals surface area contributed by atoms with Gasteiger partial charge in [0.15, 0.2) is 0 Å². The minimum atomic E-state index is -0.00223. The van der Waals surface area contributed by atoms with E-state index in [4.69, 9.17) is 23.2 Å². The lowest BCUT2D eigenvalue weighted by molar-refractivity contribution is 0.811. The van der Waals surface area contributed by atoms with Gasteiger partial charge in [-0.15, -0.1) is 0 Å². The van der Waals surface area contributed by atoms with Crippen LogP contribution in [0.25, 0.3) is 0 Å². The molecule has 6 heteroatoms. The summed E-state index contributed by atoms with van der Waals surface area (Å²) in [7, 11) is 0. The van der Waals surface area contributed by atoms with E-state index in [0.29, 0.717) is 5.02 Å². The van der Waals surface area contributed by atoms with Crippen LogP contribution in [-0.2, 0) is 0 Å². The summed E-state index contributed by atoms with van der Waals surface area (Å²) in [4.78, 5) is 2.33. The molecule has 1 heterocycles. The lowest BCUT2D eigenvalue weighted by Gasteiger charge is -2.47. The highest BCUT2D eigenvalue weighted by Crippen LogP contribution is 2.52. The van der Waals surface area contributed by atoms with Gasteiger partial charge in [-0.2, -0.15) is 0 Å². The zero-order valence-corrected chi connectivity index (χ0v) is 18.9. The Morgan fingerprint density at radius 3 is 2.07 bits per heavy atom. The average Bonchev–Trinajstić information content (AvgIpc) is 2.77. The Labute approximate surface area is 195 Å². The van der Waals surface area contributed by atoms with Crippen molar-refractivity contribution in [3.63, 3.8) is 0 Å². The summed E-state index contributed by atoms with van der Waals surface area (Å²) >= 11 is 16.3. The molecule has 1 aliphatic carbocycles. The second-order valence-corrected chi connectivity index (χ2v) is 9.76. The number of anilines is 2. The maximum Gasteiger partial charge on any atom is 0.125 e. The Balaban J connectivity index is 1.62. The van der Waals surface area contributed by atoms with E-state index in [1.165, 1.54) is 4.90 Å². The number of allylic oxidation sites excluding steroid dienone is 2. The molecule has 2 nitrogen and oxygen atoms in total. The molecule has 1 unspecified atom stereocenters. The molecule has 5 rings (SSSR count). The summed E-state index contributed by atoms with van der Waals surface area (Å²) in [5.74, 6) is 0. The molecule has 1 atom stereocenters. The van der Waals surface area contributed by atoms with Gasteiger partial charge < -0.3 is 4.31 Å². The van der Waals surface area contributed by atoms with Crippen LogP contribution < -0.4 is 8.61 Å². The summed E-state index contributed by atoms with van der Waals surface area (Å²) in [6.45, 7) is 0. The van der Waals surface area contributed by atoms with Crippen LogP contribution in [0.4, 0.5) is 11.4 Å². The van der Waals surface area contributed by atoms with Crippen molar-refractivity contribution in [2.45, 2.75) is 15.8 Å². The molecule has 1 radical (unpaired) electrons. The van der Waals surface area contributed by atoms with E-state index in [0.717, 1.165) is 27.3 Å². The number of hydrogen-bond acceptors (Lipinski definition) is 4. The molecule has 0 spiro atoms. The highest BCUT2D eigenvalue weighted by molar-refractivity contribution is 8.01. The van der Waals surface area contributed by atoms with Crippen molar-refractivity contribution >= 4 is 58.5 Å². The maximum absolute atomic E-state index is 6.44. The van der Waals surface area contributed by atoms with Gasteiger partial charge in [-0.3, -0.25) is 4.31 Å². The molecule has 1 aliphatic heterocycles. The molecule has 0 N–H and O–H groups in total. The predicted molar refractivity (Wildman–Crippen MR) is 131 cm³/mol. The van der Waals surface area contributed by atoms with Gasteiger partial charge in [0.2, 0.25) is 0 Å². The van der Waals surface area contributed by atoms with Crippen LogP contribution in [0.1, 0.15) is 0 Å². The third-order valence-electron chi connectivity index (χ3n) is 4.80. The van der Waals surface area contributed by atoms with Crippen LogP contribution >= 0.6 is 47.1 Å². The Kier molecular flexibility index (Phi) is 5.74. The van der Waals surface area contributed by atoms with E-state index in [9.17, 15) is 0 Å². The summed E-state index contributed by atoms with van der Waals surface area (Å²) in [5, 5.41) is 1.45. The normalized spacial score (nSPS) is 18.1. The molecule has 0 aromatic heterocycles. The first-order chi connectivity index (χ1) is 14.7. The summed E-state index contributed by atoms with van der Waals surface area (Å²) in [6, 6.07) is 28.0. The average molecular weight is 468 g/mol. The van der Waals surface area contributed by atoms with Gasteiger partial charge in [-0.25, -0.2) is 0 Å². The van der Waals surface area contributed by atoms with Crippen molar-refractivity contribution in [1.29, 1.82) is 0 Å². The van der Waals surface area contributed by atoms with Gasteiger partial charge in [-0.05, 0) is 78.5 Å². The largest absolute Gasteiger partial charge is 0.300 e. The van der Waals surface area contributed by atoms with Crippen molar-refractivity contribution in [3.8, 4) is 0 Å². The molecule has 0 saturated heterocycles. The molecule has 3 aromatic carbocycles. The van der Waals surface area contributed by atoms with E-state index in [2.05, 4.69) is 75.4 Å². The fourth-order valence-electron chi connectivity index (χ4n) is 3.46. The molecule has 0 saturated carbocycles. The molecular weight excluding hydrogens is 451 g/mol. The van der Waals surface area contributed by atoms with Crippen LogP contribution in [0.3, 0.4) is 0 Å². The van der Waals surface area contributed by atoms with Gasteiger partial charge in [0.1, 0.15) is 6.04 Å². The maximum atomic E-state index is 6.44. The number of hydrogen-bond donors (Lipinski definition) is 0. The summed E-state index contributed by atoms with van der Waals surface area (Å²) in [6.07, 6.45) is 6.15. The first-order valence-electron chi connectivity index (χ1n) is 9.46. The number of fused-ring (bicyclic) bond motifs is 2. The Hall–Kier alpha value is -1.98. The van der Waals surface area contributed by atoms with Gasteiger partial charge in [0.05, 0.1) is 17.4 Å². The van der Waals surface area contributed by atoms with Gasteiger partial charge in [-0.1, -0.05) is 65.7 Å². The first kappa shape index (κ1) is 20.0. The Morgan fingerprint density at radius 2 is 1.37 bits per heavy atom. The van der Waals surface area contributed by atoms with E-state index in [1.54, 1.807) is 23.9 Å². The number of nitrogens with zero attached hydrogens (tertiary/aromatic N) is 2. The second-order valence-electron chi connectivity index (χ2n) is 6.82. The summed E-state index contributed by atoms with van der Waals surface area (Å²) < 4.78 is 4.57. The van der Waals surface area contributed by atoms with E-state index >= 15 is 0 Å². The van der Waals surface area contributed by atoms with Crippen molar-refractivity contribution < 1.29 is 0 Å². The van der Waals surface area contributed by atoms with Crippen LogP contribution in [0.5, 0.6) is 0 Å². The Morgan fingerprint density at radius 1 is 0.700 bits per heavy atom. The van der Waals surface area contributed by atoms with Crippen molar-refractivity contribution in [2.75, 3.05) is 8.61 Å². The Bertz CT molecular complexity index is 1100. The zero-order valence-electron chi connectivity index (χ0n) is 15.8. The number of halogens is 2. The topological polar surface area (TPSA) is 6.48 Å². The monoisotopic (exact) mass is 467 g/mol. The van der Waals surface area contributed by atoms with Crippen LogP contribution in [0.15, 0.2) is 112 Å². The molecule has 0 amide bonds. The van der Waals surface area contributed by atoms with Gasteiger partial charge >= 0.3 is 0 Å². The minimum absolute atomic E-state index is 0.00223. The lowest BCUT2D eigenvalue weighted by Crippen LogP contribution is -2.45. The molecular formula is C24H17Cl2N2S2. The number of benzene rings is 3. The van der Waals surface area contributed by atoms with Gasteiger partial charge in [0, 0.05) is 19.8 Å². The summed E-state index contributed by atoms with van der Waals surface area (Å²) in [5.41, 5.74) is 2.16. The highest BCUT2D eigenvalue weighted by atomic mass is 35.5. The molecule has 0 fully saturated rings.